The largest absolute Gasteiger partial charge is 0.352 e. The maximum Gasteiger partial charge on any atom is 0.264 e. The van der Waals surface area contributed by atoms with Crippen LogP contribution < -0.4 is 9.62 Å². The summed E-state index contributed by atoms with van der Waals surface area (Å²) < 4.78 is 29.2. The summed E-state index contributed by atoms with van der Waals surface area (Å²) in [5, 5.41) is 3.97. The minimum Gasteiger partial charge on any atom is -0.352 e. The third kappa shape index (κ3) is 7.98. The van der Waals surface area contributed by atoms with Crippen LogP contribution in [0.25, 0.3) is 0 Å². The molecule has 3 aromatic carbocycles. The number of halogens is 3. The van der Waals surface area contributed by atoms with Gasteiger partial charge in [-0.1, -0.05) is 78.5 Å². The summed E-state index contributed by atoms with van der Waals surface area (Å²) in [6, 6.07) is 15.3. The van der Waals surface area contributed by atoms with Gasteiger partial charge in [0.15, 0.2) is 0 Å². The maximum atomic E-state index is 14.2. The zero-order chi connectivity index (χ0) is 31.2. The van der Waals surface area contributed by atoms with E-state index in [1.54, 1.807) is 62.4 Å². The van der Waals surface area contributed by atoms with Crippen molar-refractivity contribution in [2.75, 3.05) is 10.8 Å². The van der Waals surface area contributed by atoms with Gasteiger partial charge in [-0.25, -0.2) is 8.42 Å². The van der Waals surface area contributed by atoms with Crippen LogP contribution >= 0.6 is 34.8 Å². The number of carbonyl (C=O) groups excluding carboxylic acids is 2. The van der Waals surface area contributed by atoms with E-state index in [1.807, 2.05) is 20.8 Å². The molecule has 0 heterocycles. The van der Waals surface area contributed by atoms with E-state index < -0.39 is 28.5 Å². The van der Waals surface area contributed by atoms with E-state index in [0.29, 0.717) is 39.0 Å². The van der Waals surface area contributed by atoms with Gasteiger partial charge in [-0.2, -0.15) is 0 Å². The number of amides is 2. The van der Waals surface area contributed by atoms with Crippen LogP contribution in [-0.4, -0.2) is 43.8 Å². The summed E-state index contributed by atoms with van der Waals surface area (Å²) in [6.07, 6.45) is 1.01. The predicted octanol–water partition coefficient (Wildman–Crippen LogP) is 7.18. The molecule has 3 aromatic rings. The molecule has 0 aromatic heterocycles. The fourth-order valence-electron chi connectivity index (χ4n) is 4.41. The van der Waals surface area contributed by atoms with E-state index >= 15 is 0 Å². The van der Waals surface area contributed by atoms with Crippen LogP contribution in [0.4, 0.5) is 5.69 Å². The van der Waals surface area contributed by atoms with Crippen LogP contribution in [0.1, 0.15) is 50.3 Å². The number of hydrogen-bond acceptors (Lipinski definition) is 4. The first-order valence-corrected chi connectivity index (χ1v) is 16.3. The molecular weight excluding hydrogens is 617 g/mol. The van der Waals surface area contributed by atoms with Gasteiger partial charge < -0.3 is 10.2 Å². The molecule has 0 bridgehead atoms. The highest BCUT2D eigenvalue weighted by atomic mass is 35.5. The highest BCUT2D eigenvalue weighted by Gasteiger charge is 2.34. The molecule has 0 spiro atoms. The Kier molecular flexibility index (Phi) is 11.7. The first-order chi connectivity index (χ1) is 19.8. The molecule has 0 saturated heterocycles. The molecular formula is C31H36Cl3N3O4S. The number of nitrogens with zero attached hydrogens (tertiary/aromatic N) is 2. The highest BCUT2D eigenvalue weighted by Crippen LogP contribution is 2.32. The van der Waals surface area contributed by atoms with Gasteiger partial charge in [-0.15, -0.1) is 0 Å². The Bertz CT molecular complexity index is 1530. The number of sulfonamides is 1. The minimum absolute atomic E-state index is 0.00903. The van der Waals surface area contributed by atoms with E-state index in [4.69, 9.17) is 34.8 Å². The average molecular weight is 653 g/mol. The lowest BCUT2D eigenvalue weighted by atomic mass is 10.1. The lowest BCUT2D eigenvalue weighted by Crippen LogP contribution is -2.53. The molecule has 0 unspecified atom stereocenters. The molecule has 2 atom stereocenters. The van der Waals surface area contributed by atoms with Crippen molar-refractivity contribution in [2.45, 2.75) is 71.0 Å². The summed E-state index contributed by atoms with van der Waals surface area (Å²) in [5.74, 6) is -0.894. The number of nitrogens with one attached hydrogen (secondary N) is 1. The maximum absolute atomic E-state index is 14.2. The van der Waals surface area contributed by atoms with Crippen LogP contribution in [0.3, 0.4) is 0 Å². The second-order valence-electron chi connectivity index (χ2n) is 10.2. The van der Waals surface area contributed by atoms with Crippen LogP contribution in [0.15, 0.2) is 65.6 Å². The van der Waals surface area contributed by atoms with Crippen molar-refractivity contribution in [3.8, 4) is 0 Å². The molecule has 3 rings (SSSR count). The van der Waals surface area contributed by atoms with Gasteiger partial charge in [0.25, 0.3) is 10.0 Å². The van der Waals surface area contributed by atoms with Gasteiger partial charge >= 0.3 is 0 Å². The summed E-state index contributed by atoms with van der Waals surface area (Å²) in [7, 11) is -4.21. The molecule has 0 fully saturated rings. The third-order valence-corrected chi connectivity index (χ3v) is 10.0. The zero-order valence-electron chi connectivity index (χ0n) is 24.3. The fourth-order valence-corrected chi connectivity index (χ4v) is 6.37. The van der Waals surface area contributed by atoms with Crippen LogP contribution in [0.5, 0.6) is 0 Å². The Hall–Kier alpha value is -2.78. The molecule has 226 valence electrons. The zero-order valence-corrected chi connectivity index (χ0v) is 27.4. The molecule has 1 N–H and O–H groups in total. The number of benzene rings is 3. The van der Waals surface area contributed by atoms with Gasteiger partial charge in [0.2, 0.25) is 11.8 Å². The van der Waals surface area contributed by atoms with Crippen molar-refractivity contribution in [1.82, 2.24) is 10.2 Å². The van der Waals surface area contributed by atoms with Gasteiger partial charge in [0.05, 0.1) is 20.6 Å². The Labute approximate surface area is 263 Å². The third-order valence-electron chi connectivity index (χ3n) is 7.12. The monoisotopic (exact) mass is 651 g/mol. The van der Waals surface area contributed by atoms with Gasteiger partial charge in [0, 0.05) is 17.6 Å². The van der Waals surface area contributed by atoms with Crippen molar-refractivity contribution in [2.24, 2.45) is 0 Å². The Balaban J connectivity index is 2.12. The minimum atomic E-state index is -4.21. The quantitative estimate of drug-likeness (QED) is 0.225. The first kappa shape index (κ1) is 33.7. The SMILES string of the molecule is CC[C@@H](C)NC(=O)[C@@H](CC)N(Cc1ccc(Cl)c(Cl)c1)C(=O)CN(c1cccc(Cl)c1C)S(=O)(=O)c1ccc(C)cc1. The van der Waals surface area contributed by atoms with Crippen LogP contribution in [0.2, 0.25) is 15.1 Å². The van der Waals surface area contributed by atoms with Gasteiger partial charge in [0.1, 0.15) is 12.6 Å². The van der Waals surface area contributed by atoms with E-state index in [2.05, 4.69) is 5.32 Å². The second kappa shape index (κ2) is 14.6. The van der Waals surface area contributed by atoms with E-state index in [-0.39, 0.29) is 29.1 Å². The Morgan fingerprint density at radius 1 is 0.881 bits per heavy atom. The van der Waals surface area contributed by atoms with E-state index in [9.17, 15) is 18.0 Å². The number of aryl methyl sites for hydroxylation is 1. The van der Waals surface area contributed by atoms with Gasteiger partial charge in [-0.05, 0) is 81.1 Å². The Morgan fingerprint density at radius 2 is 1.55 bits per heavy atom. The second-order valence-corrected chi connectivity index (χ2v) is 13.3. The summed E-state index contributed by atoms with van der Waals surface area (Å²) in [5.41, 5.74) is 2.30. The lowest BCUT2D eigenvalue weighted by Gasteiger charge is -2.34. The first-order valence-electron chi connectivity index (χ1n) is 13.7. The molecule has 7 nitrogen and oxygen atoms in total. The molecule has 0 radical (unpaired) electrons. The molecule has 0 saturated carbocycles. The fraction of sp³-hybridized carbons (Fsp3) is 0.355. The van der Waals surface area contributed by atoms with Crippen molar-refractivity contribution in [1.29, 1.82) is 0 Å². The topological polar surface area (TPSA) is 86.8 Å². The smallest absolute Gasteiger partial charge is 0.264 e. The summed E-state index contributed by atoms with van der Waals surface area (Å²) in [6.45, 7) is 8.63. The molecule has 2 amide bonds. The lowest BCUT2D eigenvalue weighted by molar-refractivity contribution is -0.140. The number of rotatable bonds is 12. The number of carbonyl (C=O) groups is 2. The molecule has 0 aliphatic carbocycles. The predicted molar refractivity (Wildman–Crippen MR) is 171 cm³/mol. The molecule has 42 heavy (non-hydrogen) atoms. The standard InChI is InChI=1S/C31H36Cl3N3O4S/c1-6-21(4)35-31(39)28(7-2)36(18-23-13-16-26(33)27(34)17-23)30(38)19-37(29-10-8-9-25(32)22(29)5)42(40,41)24-14-11-20(3)12-15-24/h8-17,21,28H,6-7,18-19H2,1-5H3,(H,35,39)/t21-,28-/m1/s1. The summed E-state index contributed by atoms with van der Waals surface area (Å²) in [4.78, 5) is 29.0. The van der Waals surface area contributed by atoms with Crippen molar-refractivity contribution >= 4 is 62.3 Å². The van der Waals surface area contributed by atoms with Crippen molar-refractivity contribution in [3.05, 3.63) is 92.4 Å². The number of hydrogen-bond donors (Lipinski definition) is 1. The van der Waals surface area contributed by atoms with Crippen LogP contribution in [-0.2, 0) is 26.2 Å². The van der Waals surface area contributed by atoms with Crippen molar-refractivity contribution in [3.63, 3.8) is 0 Å². The van der Waals surface area contributed by atoms with Gasteiger partial charge in [-0.3, -0.25) is 13.9 Å². The average Bonchev–Trinajstić information content (AvgIpc) is 2.95. The normalized spacial score (nSPS) is 12.9. The van der Waals surface area contributed by atoms with Crippen molar-refractivity contribution < 1.29 is 18.0 Å². The van der Waals surface area contributed by atoms with E-state index in [1.165, 1.54) is 17.0 Å². The molecule has 11 heteroatoms. The summed E-state index contributed by atoms with van der Waals surface area (Å²) >= 11 is 18.8. The van der Waals surface area contributed by atoms with E-state index in [0.717, 1.165) is 9.87 Å². The highest BCUT2D eigenvalue weighted by molar-refractivity contribution is 7.92. The molecule has 0 aliphatic heterocycles. The molecule has 0 aliphatic rings. The number of anilines is 1. The van der Waals surface area contributed by atoms with Crippen LogP contribution in [0, 0.1) is 13.8 Å². The Morgan fingerprint density at radius 3 is 2.14 bits per heavy atom.